The van der Waals surface area contributed by atoms with Gasteiger partial charge >= 0.3 is 11.8 Å². The van der Waals surface area contributed by atoms with E-state index in [1.54, 1.807) is 41.3 Å². The molecule has 0 unspecified atom stereocenters. The summed E-state index contributed by atoms with van der Waals surface area (Å²) in [6.07, 6.45) is 1.49. The van der Waals surface area contributed by atoms with Crippen molar-refractivity contribution in [3.63, 3.8) is 0 Å². The molecule has 3 amide bonds. The highest BCUT2D eigenvalue weighted by Gasteiger charge is 2.23. The molecule has 1 aromatic carbocycles. The number of para-hydroxylation sites is 1. The Balaban J connectivity index is 1.35. The second-order valence-electron chi connectivity index (χ2n) is 6.19. The van der Waals surface area contributed by atoms with E-state index < -0.39 is 11.8 Å². The summed E-state index contributed by atoms with van der Waals surface area (Å²) in [6, 6.07) is 12.2. The molecule has 2 N–H and O–H groups in total. The minimum Gasteiger partial charge on any atom is -0.459 e. The average Bonchev–Trinajstić information content (AvgIpc) is 3.23. The third-order valence-electron chi connectivity index (χ3n) is 4.34. The molecule has 2 aromatic rings. The third kappa shape index (κ3) is 5.18. The average molecular weight is 370 g/mol. The highest BCUT2D eigenvalue weighted by molar-refractivity contribution is 6.39. The molecule has 8 nitrogen and oxygen atoms in total. The van der Waals surface area contributed by atoms with Crippen LogP contribution in [0, 0.1) is 0 Å². The van der Waals surface area contributed by atoms with Crippen molar-refractivity contribution in [2.75, 3.05) is 44.6 Å². The van der Waals surface area contributed by atoms with Crippen molar-refractivity contribution in [1.29, 1.82) is 0 Å². The largest absolute Gasteiger partial charge is 0.459 e. The monoisotopic (exact) mass is 370 g/mol. The van der Waals surface area contributed by atoms with E-state index in [9.17, 15) is 14.4 Å². The van der Waals surface area contributed by atoms with E-state index in [-0.39, 0.29) is 5.91 Å². The number of hydrogen-bond acceptors (Lipinski definition) is 5. The first kappa shape index (κ1) is 18.7. The van der Waals surface area contributed by atoms with Crippen LogP contribution in [0.2, 0.25) is 0 Å². The zero-order chi connectivity index (χ0) is 19.1. The van der Waals surface area contributed by atoms with Gasteiger partial charge in [-0.2, -0.15) is 0 Å². The molecule has 1 aliphatic rings. The van der Waals surface area contributed by atoms with Crippen molar-refractivity contribution in [3.05, 3.63) is 54.5 Å². The van der Waals surface area contributed by atoms with Crippen LogP contribution in [0.4, 0.5) is 5.69 Å². The van der Waals surface area contributed by atoms with Gasteiger partial charge in [0, 0.05) is 45.0 Å². The van der Waals surface area contributed by atoms with Crippen molar-refractivity contribution in [2.45, 2.75) is 0 Å². The Hall–Kier alpha value is -3.13. The Labute approximate surface area is 157 Å². The molecule has 2 heterocycles. The number of carbonyl (C=O) groups is 3. The zero-order valence-corrected chi connectivity index (χ0v) is 14.9. The predicted molar refractivity (Wildman–Crippen MR) is 99.1 cm³/mol. The summed E-state index contributed by atoms with van der Waals surface area (Å²) >= 11 is 0. The van der Waals surface area contributed by atoms with E-state index in [4.69, 9.17) is 4.42 Å². The summed E-state index contributed by atoms with van der Waals surface area (Å²) < 4.78 is 5.14. The van der Waals surface area contributed by atoms with Gasteiger partial charge in [0.15, 0.2) is 5.76 Å². The molecule has 1 aromatic heterocycles. The third-order valence-corrected chi connectivity index (χ3v) is 4.34. The summed E-state index contributed by atoms with van der Waals surface area (Å²) in [7, 11) is 0. The number of anilines is 1. The van der Waals surface area contributed by atoms with Crippen LogP contribution >= 0.6 is 0 Å². The molecule has 0 spiro atoms. The normalized spacial score (nSPS) is 14.6. The van der Waals surface area contributed by atoms with Crippen molar-refractivity contribution < 1.29 is 18.8 Å². The standard InChI is InChI=1S/C19H22N4O4/c24-17(18(25)21-15-5-2-1-3-6-15)20-8-9-22-10-12-23(13-11-22)19(26)16-7-4-14-27-16/h1-7,14H,8-13H2,(H,20,24)(H,21,25). The van der Waals surface area contributed by atoms with E-state index in [0.717, 1.165) is 0 Å². The summed E-state index contributed by atoms with van der Waals surface area (Å²) in [5, 5.41) is 5.16. The summed E-state index contributed by atoms with van der Waals surface area (Å²) in [4.78, 5) is 39.8. The van der Waals surface area contributed by atoms with E-state index in [1.165, 1.54) is 6.26 Å². The smallest absolute Gasteiger partial charge is 0.313 e. The number of nitrogens with zero attached hydrogens (tertiary/aromatic N) is 2. The topological polar surface area (TPSA) is 94.9 Å². The van der Waals surface area contributed by atoms with Gasteiger partial charge in [0.1, 0.15) is 0 Å². The van der Waals surface area contributed by atoms with E-state index in [2.05, 4.69) is 15.5 Å². The second-order valence-corrected chi connectivity index (χ2v) is 6.19. The van der Waals surface area contributed by atoms with Gasteiger partial charge in [-0.05, 0) is 24.3 Å². The number of nitrogens with one attached hydrogen (secondary N) is 2. The summed E-state index contributed by atoms with van der Waals surface area (Å²) in [6.45, 7) is 3.60. The maximum absolute atomic E-state index is 12.2. The molecule has 8 heteroatoms. The Bertz CT molecular complexity index is 768. The molecule has 3 rings (SSSR count). The van der Waals surface area contributed by atoms with E-state index in [1.807, 2.05) is 6.07 Å². The first-order valence-electron chi connectivity index (χ1n) is 8.83. The molecule has 1 fully saturated rings. The van der Waals surface area contributed by atoms with Gasteiger partial charge in [0.2, 0.25) is 0 Å². The number of benzene rings is 1. The summed E-state index contributed by atoms with van der Waals surface area (Å²) in [5.74, 6) is -1.11. The molecule has 142 valence electrons. The number of amides is 3. The lowest BCUT2D eigenvalue weighted by molar-refractivity contribution is -0.136. The minimum atomic E-state index is -0.685. The lowest BCUT2D eigenvalue weighted by Crippen LogP contribution is -2.50. The Morgan fingerprint density at radius 1 is 0.926 bits per heavy atom. The van der Waals surface area contributed by atoms with Crippen molar-refractivity contribution >= 4 is 23.4 Å². The molecular formula is C19H22N4O4. The Kier molecular flexibility index (Phi) is 6.22. The van der Waals surface area contributed by atoms with Crippen LogP contribution in [-0.4, -0.2) is 66.8 Å². The number of furan rings is 1. The first-order chi connectivity index (χ1) is 13.1. The van der Waals surface area contributed by atoms with Gasteiger partial charge in [-0.25, -0.2) is 0 Å². The van der Waals surface area contributed by atoms with Gasteiger partial charge in [-0.3, -0.25) is 19.3 Å². The van der Waals surface area contributed by atoms with E-state index >= 15 is 0 Å². The minimum absolute atomic E-state index is 0.106. The zero-order valence-electron chi connectivity index (χ0n) is 14.9. The number of hydrogen-bond donors (Lipinski definition) is 2. The van der Waals surface area contributed by atoms with Crippen molar-refractivity contribution in [3.8, 4) is 0 Å². The lowest BCUT2D eigenvalue weighted by Gasteiger charge is -2.34. The maximum atomic E-state index is 12.2. The van der Waals surface area contributed by atoms with Gasteiger partial charge < -0.3 is 20.0 Å². The van der Waals surface area contributed by atoms with Crippen molar-refractivity contribution in [1.82, 2.24) is 15.1 Å². The van der Waals surface area contributed by atoms with Gasteiger partial charge in [-0.1, -0.05) is 18.2 Å². The predicted octanol–water partition coefficient (Wildman–Crippen LogP) is 0.792. The number of piperazine rings is 1. The highest BCUT2D eigenvalue weighted by atomic mass is 16.3. The van der Waals surface area contributed by atoms with Gasteiger partial charge in [0.25, 0.3) is 5.91 Å². The second kappa shape index (κ2) is 9.00. The molecule has 1 aliphatic heterocycles. The van der Waals surface area contributed by atoms with Crippen LogP contribution in [0.1, 0.15) is 10.6 Å². The molecule has 27 heavy (non-hydrogen) atoms. The fourth-order valence-electron chi connectivity index (χ4n) is 2.85. The van der Waals surface area contributed by atoms with E-state index in [0.29, 0.717) is 50.7 Å². The number of carbonyl (C=O) groups excluding carboxylic acids is 3. The molecule has 0 bridgehead atoms. The van der Waals surface area contributed by atoms with Crippen LogP contribution in [0.3, 0.4) is 0 Å². The molecule has 0 saturated carbocycles. The van der Waals surface area contributed by atoms with Gasteiger partial charge in [0.05, 0.1) is 6.26 Å². The van der Waals surface area contributed by atoms with Crippen LogP contribution in [0.15, 0.2) is 53.1 Å². The molecule has 0 radical (unpaired) electrons. The number of rotatable bonds is 5. The maximum Gasteiger partial charge on any atom is 0.313 e. The van der Waals surface area contributed by atoms with Crippen LogP contribution in [0.5, 0.6) is 0 Å². The SMILES string of the molecule is O=C(NCCN1CCN(C(=O)c2ccco2)CC1)C(=O)Nc1ccccc1. The summed E-state index contributed by atoms with van der Waals surface area (Å²) in [5.41, 5.74) is 0.579. The van der Waals surface area contributed by atoms with Gasteiger partial charge in [-0.15, -0.1) is 0 Å². The lowest BCUT2D eigenvalue weighted by atomic mass is 10.3. The van der Waals surface area contributed by atoms with Crippen LogP contribution in [0.25, 0.3) is 0 Å². The fraction of sp³-hybridized carbons (Fsp3) is 0.316. The molecule has 0 aliphatic carbocycles. The Morgan fingerprint density at radius 3 is 2.33 bits per heavy atom. The molecule has 1 saturated heterocycles. The highest BCUT2D eigenvalue weighted by Crippen LogP contribution is 2.09. The first-order valence-corrected chi connectivity index (χ1v) is 8.83. The molecule has 0 atom stereocenters. The quantitative estimate of drug-likeness (QED) is 0.759. The van der Waals surface area contributed by atoms with Crippen LogP contribution in [-0.2, 0) is 9.59 Å². The fourth-order valence-corrected chi connectivity index (χ4v) is 2.85. The Morgan fingerprint density at radius 2 is 1.67 bits per heavy atom. The van der Waals surface area contributed by atoms with Crippen molar-refractivity contribution in [2.24, 2.45) is 0 Å². The molecular weight excluding hydrogens is 348 g/mol. The van der Waals surface area contributed by atoms with Crippen LogP contribution < -0.4 is 10.6 Å².